The Morgan fingerprint density at radius 1 is 1.14 bits per heavy atom. The number of hydrogen-bond donors (Lipinski definition) is 3. The molecule has 0 spiro atoms. The van der Waals surface area contributed by atoms with Gasteiger partial charge in [0.05, 0.1) is 40.4 Å². The Labute approximate surface area is 208 Å². The first kappa shape index (κ1) is 23.5. The quantitative estimate of drug-likeness (QED) is 0.339. The van der Waals surface area contributed by atoms with E-state index in [1.807, 2.05) is 14.0 Å². The average molecular weight is 488 g/mol. The number of anilines is 4. The van der Waals surface area contributed by atoms with Gasteiger partial charge in [0.1, 0.15) is 6.33 Å². The zero-order valence-electron chi connectivity index (χ0n) is 20.6. The smallest absolute Gasteiger partial charge is 0.252 e. The number of rotatable bonds is 8. The zero-order valence-corrected chi connectivity index (χ0v) is 20.6. The van der Waals surface area contributed by atoms with Crippen LogP contribution in [0.3, 0.4) is 0 Å². The van der Waals surface area contributed by atoms with Crippen LogP contribution >= 0.6 is 0 Å². The minimum Gasteiger partial charge on any atom is -0.351 e. The second-order valence-electron chi connectivity index (χ2n) is 9.09. The highest BCUT2D eigenvalue weighted by Crippen LogP contribution is 2.26. The predicted octanol–water partition coefficient (Wildman–Crippen LogP) is 2.42. The molecule has 36 heavy (non-hydrogen) atoms. The third kappa shape index (κ3) is 5.23. The van der Waals surface area contributed by atoms with Crippen molar-refractivity contribution in [3.8, 4) is 0 Å². The third-order valence-corrected chi connectivity index (χ3v) is 6.22. The lowest BCUT2D eigenvalue weighted by atomic mass is 10.2. The third-order valence-electron chi connectivity index (χ3n) is 6.22. The number of aromatic nitrogens is 7. The molecule has 3 N–H and O–H groups in total. The van der Waals surface area contributed by atoms with Gasteiger partial charge in [0, 0.05) is 39.1 Å². The van der Waals surface area contributed by atoms with E-state index in [0.29, 0.717) is 40.9 Å². The van der Waals surface area contributed by atoms with Gasteiger partial charge in [-0.3, -0.25) is 9.78 Å². The molecule has 1 aliphatic rings. The molecule has 5 heterocycles. The van der Waals surface area contributed by atoms with Crippen molar-refractivity contribution < 1.29 is 4.79 Å². The molecule has 1 saturated heterocycles. The summed E-state index contributed by atoms with van der Waals surface area (Å²) in [6.07, 6.45) is 9.25. The maximum absolute atomic E-state index is 12.7. The van der Waals surface area contributed by atoms with Crippen LogP contribution in [-0.2, 0) is 7.05 Å². The maximum atomic E-state index is 12.7. The van der Waals surface area contributed by atoms with Crippen LogP contribution in [0.25, 0.3) is 11.0 Å². The van der Waals surface area contributed by atoms with Crippen LogP contribution in [0.4, 0.5) is 23.1 Å². The lowest BCUT2D eigenvalue weighted by Crippen LogP contribution is -2.33. The molecule has 1 fully saturated rings. The van der Waals surface area contributed by atoms with Crippen LogP contribution in [-0.4, -0.2) is 71.7 Å². The van der Waals surface area contributed by atoms with Gasteiger partial charge in [0.15, 0.2) is 11.5 Å². The standard InChI is InChI=1S/C24H29N11O/c1-15-4-6-35(13-15)7-5-27-23(36)17-8-20(16(2)28-9-17)31-21-19-12-29-24(32-22(19)34(3)33-21)30-18-10-25-14-26-11-18/h8-12,14-15H,4-7,13H2,1-3H3,(H,27,36)(H,31,33)(H,29,30,32)/t15-/m1/s1. The number of carbonyl (C=O) groups is 1. The van der Waals surface area contributed by atoms with Crippen molar-refractivity contribution in [1.29, 1.82) is 0 Å². The van der Waals surface area contributed by atoms with E-state index in [-0.39, 0.29) is 5.91 Å². The molecule has 0 bridgehead atoms. The van der Waals surface area contributed by atoms with E-state index in [1.54, 1.807) is 35.5 Å². The van der Waals surface area contributed by atoms with Crippen molar-refractivity contribution in [2.75, 3.05) is 36.8 Å². The van der Waals surface area contributed by atoms with Gasteiger partial charge in [-0.05, 0) is 31.9 Å². The van der Waals surface area contributed by atoms with Crippen LogP contribution in [0.1, 0.15) is 29.4 Å². The highest BCUT2D eigenvalue weighted by molar-refractivity contribution is 5.96. The molecule has 12 heteroatoms. The van der Waals surface area contributed by atoms with Crippen LogP contribution in [0.15, 0.2) is 37.2 Å². The number of nitrogens with one attached hydrogen (secondary N) is 3. The highest BCUT2D eigenvalue weighted by atomic mass is 16.1. The van der Waals surface area contributed by atoms with E-state index in [9.17, 15) is 4.79 Å². The van der Waals surface area contributed by atoms with E-state index in [2.05, 4.69) is 57.8 Å². The molecule has 4 aromatic heterocycles. The van der Waals surface area contributed by atoms with Crippen LogP contribution in [0, 0.1) is 12.8 Å². The van der Waals surface area contributed by atoms with E-state index >= 15 is 0 Å². The summed E-state index contributed by atoms with van der Waals surface area (Å²) in [6.45, 7) is 7.79. The fourth-order valence-corrected chi connectivity index (χ4v) is 4.25. The summed E-state index contributed by atoms with van der Waals surface area (Å²) in [6, 6.07) is 1.79. The summed E-state index contributed by atoms with van der Waals surface area (Å²) in [5.74, 6) is 1.57. The van der Waals surface area contributed by atoms with E-state index in [1.165, 1.54) is 12.7 Å². The second kappa shape index (κ2) is 10.2. The van der Waals surface area contributed by atoms with Crippen molar-refractivity contribution >= 4 is 40.1 Å². The van der Waals surface area contributed by atoms with Gasteiger partial charge in [-0.15, -0.1) is 0 Å². The molecular weight excluding hydrogens is 458 g/mol. The van der Waals surface area contributed by atoms with Gasteiger partial charge in [-0.2, -0.15) is 10.1 Å². The van der Waals surface area contributed by atoms with E-state index in [4.69, 9.17) is 0 Å². The van der Waals surface area contributed by atoms with Gasteiger partial charge in [0.2, 0.25) is 5.95 Å². The monoisotopic (exact) mass is 487 g/mol. The van der Waals surface area contributed by atoms with Crippen molar-refractivity contribution in [3.05, 3.63) is 48.4 Å². The van der Waals surface area contributed by atoms with E-state index < -0.39 is 0 Å². The normalized spacial score (nSPS) is 15.8. The van der Waals surface area contributed by atoms with Gasteiger partial charge >= 0.3 is 0 Å². The summed E-state index contributed by atoms with van der Waals surface area (Å²) in [5.41, 5.74) is 3.26. The van der Waals surface area contributed by atoms with Gasteiger partial charge in [-0.25, -0.2) is 19.6 Å². The molecule has 0 aromatic carbocycles. The summed E-state index contributed by atoms with van der Waals surface area (Å²) in [5, 5.41) is 14.7. The SMILES string of the molecule is Cc1ncc(C(=O)NCCN2CC[C@@H](C)C2)cc1Nc1nn(C)c2nc(Nc3cncnc3)ncc12. The van der Waals surface area contributed by atoms with Gasteiger partial charge in [-0.1, -0.05) is 6.92 Å². The Morgan fingerprint density at radius 2 is 1.97 bits per heavy atom. The Balaban J connectivity index is 1.29. The van der Waals surface area contributed by atoms with Crippen LogP contribution in [0.5, 0.6) is 0 Å². The molecule has 1 aliphatic heterocycles. The summed E-state index contributed by atoms with van der Waals surface area (Å²) >= 11 is 0. The maximum Gasteiger partial charge on any atom is 0.252 e. The first-order valence-corrected chi connectivity index (χ1v) is 11.9. The fourth-order valence-electron chi connectivity index (χ4n) is 4.25. The summed E-state index contributed by atoms with van der Waals surface area (Å²) in [7, 11) is 1.81. The summed E-state index contributed by atoms with van der Waals surface area (Å²) in [4.78, 5) is 36.5. The fraction of sp³-hybridized carbons (Fsp3) is 0.375. The molecule has 1 amide bonds. The molecule has 1 atom stereocenters. The largest absolute Gasteiger partial charge is 0.351 e. The minimum absolute atomic E-state index is 0.146. The Kier molecular flexibility index (Phi) is 6.67. The number of fused-ring (bicyclic) bond motifs is 1. The second-order valence-corrected chi connectivity index (χ2v) is 9.09. The molecule has 4 aromatic rings. The van der Waals surface area contributed by atoms with Crippen molar-refractivity contribution in [1.82, 2.24) is 44.9 Å². The summed E-state index contributed by atoms with van der Waals surface area (Å²) < 4.78 is 1.67. The lowest BCUT2D eigenvalue weighted by molar-refractivity contribution is 0.0949. The average Bonchev–Trinajstić information content (AvgIpc) is 3.43. The Hall–Kier alpha value is -4.19. The van der Waals surface area contributed by atoms with Crippen molar-refractivity contribution in [3.63, 3.8) is 0 Å². The number of pyridine rings is 1. The zero-order chi connectivity index (χ0) is 25.1. The van der Waals surface area contributed by atoms with Crippen molar-refractivity contribution in [2.45, 2.75) is 20.3 Å². The molecule has 0 aliphatic carbocycles. The lowest BCUT2D eigenvalue weighted by Gasteiger charge is -2.15. The number of carbonyl (C=O) groups excluding carboxylic acids is 1. The highest BCUT2D eigenvalue weighted by Gasteiger charge is 2.19. The Morgan fingerprint density at radius 3 is 2.75 bits per heavy atom. The minimum atomic E-state index is -0.146. The molecule has 0 saturated carbocycles. The first-order valence-electron chi connectivity index (χ1n) is 11.9. The van der Waals surface area contributed by atoms with Gasteiger partial charge in [0.25, 0.3) is 5.91 Å². The predicted molar refractivity (Wildman–Crippen MR) is 136 cm³/mol. The number of likely N-dealkylation sites (tertiary alicyclic amines) is 1. The molecule has 0 radical (unpaired) electrons. The number of aryl methyl sites for hydroxylation is 2. The first-order chi connectivity index (χ1) is 17.5. The number of hydrogen-bond acceptors (Lipinski definition) is 10. The molecule has 12 nitrogen and oxygen atoms in total. The van der Waals surface area contributed by atoms with Crippen LogP contribution in [0.2, 0.25) is 0 Å². The van der Waals surface area contributed by atoms with Crippen molar-refractivity contribution in [2.24, 2.45) is 13.0 Å². The van der Waals surface area contributed by atoms with E-state index in [0.717, 1.165) is 36.6 Å². The topological polar surface area (TPSA) is 139 Å². The Bertz CT molecular complexity index is 1370. The molecule has 5 rings (SSSR count). The number of amides is 1. The number of nitrogens with zero attached hydrogens (tertiary/aromatic N) is 8. The van der Waals surface area contributed by atoms with Crippen LogP contribution < -0.4 is 16.0 Å². The molecule has 0 unspecified atom stereocenters. The molecule has 186 valence electrons. The molecular formula is C24H29N11O. The van der Waals surface area contributed by atoms with Gasteiger partial charge < -0.3 is 20.9 Å².